The second kappa shape index (κ2) is 10.3. The minimum atomic E-state index is -1.26. The summed E-state index contributed by atoms with van der Waals surface area (Å²) in [5, 5.41) is 11.3. The van der Waals surface area contributed by atoms with E-state index in [4.69, 9.17) is 19.4 Å². The molecule has 0 aromatic heterocycles. The molecule has 0 radical (unpaired) electrons. The molecule has 9 heteroatoms. The van der Waals surface area contributed by atoms with Crippen LogP contribution in [0.1, 0.15) is 30.9 Å². The van der Waals surface area contributed by atoms with Crippen molar-refractivity contribution in [1.82, 2.24) is 10.8 Å². The van der Waals surface area contributed by atoms with E-state index in [1.807, 2.05) is 54.0 Å². The molecule has 3 N–H and O–H groups in total. The van der Waals surface area contributed by atoms with Crippen LogP contribution in [0.15, 0.2) is 48.5 Å². The fraction of sp³-hybridized carbons (Fsp3) is 0.348. The van der Waals surface area contributed by atoms with Gasteiger partial charge in [0.25, 0.3) is 5.91 Å². The van der Waals surface area contributed by atoms with Crippen LogP contribution in [-0.2, 0) is 23.9 Å². The fourth-order valence-electron chi connectivity index (χ4n) is 3.56. The first-order valence-electron chi connectivity index (χ1n) is 10.2. The predicted octanol–water partition coefficient (Wildman–Crippen LogP) is 2.45. The summed E-state index contributed by atoms with van der Waals surface area (Å²) in [6, 6.07) is 14.7. The van der Waals surface area contributed by atoms with Gasteiger partial charge in [0.05, 0.1) is 6.10 Å². The maximum absolute atomic E-state index is 12.5. The molecule has 0 spiro atoms. The molecule has 9 nitrogen and oxygen atoms in total. The topological polar surface area (TPSA) is 123 Å². The predicted molar refractivity (Wildman–Crippen MR) is 115 cm³/mol. The molecule has 2 aromatic carbocycles. The fourth-order valence-corrected chi connectivity index (χ4v) is 3.56. The van der Waals surface area contributed by atoms with Crippen molar-refractivity contribution in [3.8, 4) is 11.1 Å². The molecule has 3 rings (SSSR count). The van der Waals surface area contributed by atoms with E-state index < -0.39 is 36.2 Å². The third kappa shape index (κ3) is 5.06. The number of carboxylic acid groups (broad SMARTS) is 1. The first-order chi connectivity index (χ1) is 15.3. The maximum Gasteiger partial charge on any atom is 0.407 e. The number of aliphatic carboxylic acids is 1. The van der Waals surface area contributed by atoms with E-state index in [0.29, 0.717) is 0 Å². The van der Waals surface area contributed by atoms with Crippen LogP contribution in [0.25, 0.3) is 11.1 Å². The number of alkyl carbamates (subject to hydrolysis) is 1. The summed E-state index contributed by atoms with van der Waals surface area (Å²) in [6.07, 6.45) is -2.78. The van der Waals surface area contributed by atoms with Gasteiger partial charge in [0, 0.05) is 13.0 Å². The van der Waals surface area contributed by atoms with E-state index in [9.17, 15) is 14.4 Å². The Balaban J connectivity index is 1.64. The number of nitrogens with one attached hydrogen (secondary N) is 2. The minimum Gasteiger partial charge on any atom is -0.479 e. The molecular formula is C23H26N2O7. The van der Waals surface area contributed by atoms with Crippen LogP contribution in [-0.4, -0.2) is 55.0 Å². The van der Waals surface area contributed by atoms with Crippen molar-refractivity contribution in [3.63, 3.8) is 0 Å². The second-order valence-electron chi connectivity index (χ2n) is 7.45. The second-order valence-corrected chi connectivity index (χ2v) is 7.45. The summed E-state index contributed by atoms with van der Waals surface area (Å²) < 4.78 is 10.6. The maximum atomic E-state index is 12.5. The first-order valence-corrected chi connectivity index (χ1v) is 10.2. The molecule has 0 fully saturated rings. The van der Waals surface area contributed by atoms with Gasteiger partial charge in [0.15, 0.2) is 6.10 Å². The van der Waals surface area contributed by atoms with Crippen LogP contribution in [0.3, 0.4) is 0 Å². The van der Waals surface area contributed by atoms with Gasteiger partial charge in [-0.05, 0) is 36.1 Å². The van der Waals surface area contributed by atoms with Gasteiger partial charge in [-0.25, -0.2) is 15.1 Å². The molecule has 170 valence electrons. The summed E-state index contributed by atoms with van der Waals surface area (Å²) in [6.45, 7) is 2.92. The number of methoxy groups -OCH3 is 1. The van der Waals surface area contributed by atoms with Crippen LogP contribution >= 0.6 is 0 Å². The molecule has 0 saturated heterocycles. The Labute approximate surface area is 185 Å². The molecule has 32 heavy (non-hydrogen) atoms. The lowest BCUT2D eigenvalue weighted by atomic mass is 9.98. The zero-order valence-electron chi connectivity index (χ0n) is 18.0. The lowest BCUT2D eigenvalue weighted by Gasteiger charge is -2.23. The summed E-state index contributed by atoms with van der Waals surface area (Å²) in [5.74, 6) is -2.13. The average Bonchev–Trinajstić information content (AvgIpc) is 3.12. The highest BCUT2D eigenvalue weighted by Crippen LogP contribution is 2.44. The van der Waals surface area contributed by atoms with Gasteiger partial charge in [-0.2, -0.15) is 0 Å². The number of carboxylic acids is 1. The highest BCUT2D eigenvalue weighted by molar-refractivity contribution is 5.86. The van der Waals surface area contributed by atoms with Gasteiger partial charge in [-0.15, -0.1) is 0 Å². The molecule has 0 heterocycles. The molecule has 0 saturated carbocycles. The standard InChI is InChI=1S/C23H26N2O7/c1-13(30-3)20(21(26)25-32-14(2)22(27)28)24-23(29)31-12-19-17-10-6-4-8-15(17)16-9-5-7-11-18(16)19/h4-11,13-14,19-20H,12H2,1-3H3,(H,24,29)(H,25,26)(H,27,28)/t13-,14?,20+/m1/s1. The smallest absolute Gasteiger partial charge is 0.407 e. The van der Waals surface area contributed by atoms with Crippen LogP contribution in [0.2, 0.25) is 0 Å². The highest BCUT2D eigenvalue weighted by atomic mass is 16.7. The highest BCUT2D eigenvalue weighted by Gasteiger charge is 2.31. The largest absolute Gasteiger partial charge is 0.479 e. The van der Waals surface area contributed by atoms with Crippen molar-refractivity contribution < 1.29 is 33.8 Å². The normalized spacial score (nSPS) is 15.1. The van der Waals surface area contributed by atoms with E-state index in [1.54, 1.807) is 6.92 Å². The molecule has 0 aliphatic heterocycles. The number of ether oxygens (including phenoxy) is 2. The minimum absolute atomic E-state index is 0.0854. The monoisotopic (exact) mass is 442 g/mol. The van der Waals surface area contributed by atoms with Gasteiger partial charge in [-0.3, -0.25) is 9.63 Å². The average molecular weight is 442 g/mol. The third-order valence-corrected chi connectivity index (χ3v) is 5.42. The van der Waals surface area contributed by atoms with Gasteiger partial charge in [0.1, 0.15) is 12.6 Å². The van der Waals surface area contributed by atoms with Crippen molar-refractivity contribution in [3.05, 3.63) is 59.7 Å². The molecule has 0 bridgehead atoms. The number of hydrogen-bond acceptors (Lipinski definition) is 6. The summed E-state index contributed by atoms with van der Waals surface area (Å²) in [4.78, 5) is 40.6. The van der Waals surface area contributed by atoms with Crippen molar-refractivity contribution in [2.75, 3.05) is 13.7 Å². The third-order valence-electron chi connectivity index (χ3n) is 5.42. The number of hydroxylamine groups is 1. The van der Waals surface area contributed by atoms with Gasteiger partial charge < -0.3 is 19.9 Å². The SMILES string of the molecule is CO[C@H](C)[C@H](NC(=O)OCC1c2ccccc2-c2ccccc21)C(=O)NOC(C)C(=O)O. The quantitative estimate of drug-likeness (QED) is 0.510. The molecule has 1 aliphatic rings. The number of carbonyl (C=O) groups excluding carboxylic acids is 2. The first kappa shape index (κ1) is 23.2. The van der Waals surface area contributed by atoms with E-state index in [0.717, 1.165) is 22.3 Å². The van der Waals surface area contributed by atoms with Crippen LogP contribution in [0.5, 0.6) is 0 Å². The Morgan fingerprint density at radius 1 is 1.00 bits per heavy atom. The van der Waals surface area contributed by atoms with Gasteiger partial charge >= 0.3 is 12.1 Å². The lowest BCUT2D eigenvalue weighted by molar-refractivity contribution is -0.160. The number of rotatable bonds is 9. The molecular weight excluding hydrogens is 416 g/mol. The Hall–Kier alpha value is -3.43. The van der Waals surface area contributed by atoms with E-state index in [-0.39, 0.29) is 12.5 Å². The number of carbonyl (C=O) groups is 3. The van der Waals surface area contributed by atoms with Crippen molar-refractivity contribution >= 4 is 18.0 Å². The summed E-state index contributed by atoms with van der Waals surface area (Å²) in [7, 11) is 1.38. The van der Waals surface area contributed by atoms with E-state index >= 15 is 0 Å². The van der Waals surface area contributed by atoms with E-state index in [1.165, 1.54) is 14.0 Å². The van der Waals surface area contributed by atoms with Crippen molar-refractivity contribution in [2.24, 2.45) is 0 Å². The number of fused-ring (bicyclic) bond motifs is 3. The van der Waals surface area contributed by atoms with Crippen molar-refractivity contribution in [1.29, 1.82) is 0 Å². The molecule has 3 atom stereocenters. The van der Waals surface area contributed by atoms with E-state index in [2.05, 4.69) is 5.32 Å². The Morgan fingerprint density at radius 3 is 2.09 bits per heavy atom. The van der Waals surface area contributed by atoms with Crippen LogP contribution in [0.4, 0.5) is 4.79 Å². The number of amides is 2. The Bertz CT molecular complexity index is 948. The zero-order valence-corrected chi connectivity index (χ0v) is 18.0. The Morgan fingerprint density at radius 2 is 1.56 bits per heavy atom. The molecule has 2 amide bonds. The van der Waals surface area contributed by atoms with Crippen LogP contribution < -0.4 is 10.8 Å². The van der Waals surface area contributed by atoms with Gasteiger partial charge in [0.2, 0.25) is 0 Å². The molecule has 1 unspecified atom stereocenters. The summed E-state index contributed by atoms with van der Waals surface area (Å²) >= 11 is 0. The molecule has 2 aromatic rings. The number of benzene rings is 2. The van der Waals surface area contributed by atoms with Gasteiger partial charge in [-0.1, -0.05) is 48.5 Å². The molecule has 1 aliphatic carbocycles. The lowest BCUT2D eigenvalue weighted by Crippen LogP contribution is -2.53. The summed E-state index contributed by atoms with van der Waals surface area (Å²) in [5.41, 5.74) is 6.38. The number of hydrogen-bond donors (Lipinski definition) is 3. The zero-order chi connectivity index (χ0) is 23.3. The Kier molecular flexibility index (Phi) is 7.45. The van der Waals surface area contributed by atoms with Crippen LogP contribution in [0, 0.1) is 0 Å². The van der Waals surface area contributed by atoms with Crippen molar-refractivity contribution in [2.45, 2.75) is 38.0 Å².